The van der Waals surface area contributed by atoms with Crippen molar-refractivity contribution in [2.75, 3.05) is 19.8 Å². The van der Waals surface area contributed by atoms with Gasteiger partial charge in [-0.3, -0.25) is 9.69 Å². The van der Waals surface area contributed by atoms with E-state index in [9.17, 15) is 9.59 Å². The lowest BCUT2D eigenvalue weighted by Crippen LogP contribution is -2.38. The molecule has 1 amide bonds. The van der Waals surface area contributed by atoms with Crippen molar-refractivity contribution >= 4 is 46.3 Å². The van der Waals surface area contributed by atoms with E-state index in [1.54, 1.807) is 25.1 Å². The molecule has 2 aromatic carbocycles. The van der Waals surface area contributed by atoms with E-state index < -0.39 is 12.0 Å². The summed E-state index contributed by atoms with van der Waals surface area (Å²) in [6.07, 6.45) is 1.74. The zero-order valence-electron chi connectivity index (χ0n) is 18.2. The maximum Gasteiger partial charge on any atom is 0.333 e. The van der Waals surface area contributed by atoms with Crippen LogP contribution < -0.4 is 9.47 Å². The van der Waals surface area contributed by atoms with E-state index in [1.165, 1.54) is 4.90 Å². The molecule has 1 unspecified atom stereocenters. The number of ether oxygens (including phenoxy) is 3. The molecule has 0 aromatic heterocycles. The van der Waals surface area contributed by atoms with Gasteiger partial charge in [0.05, 0.1) is 24.7 Å². The number of hydrogen-bond donors (Lipinski definition) is 0. The molecule has 0 bridgehead atoms. The van der Waals surface area contributed by atoms with Crippen LogP contribution in [0.5, 0.6) is 11.5 Å². The van der Waals surface area contributed by atoms with E-state index >= 15 is 0 Å². The molecule has 168 valence electrons. The van der Waals surface area contributed by atoms with Crippen molar-refractivity contribution in [1.82, 2.24) is 4.90 Å². The monoisotopic (exact) mass is 471 g/mol. The summed E-state index contributed by atoms with van der Waals surface area (Å²) in [4.78, 5) is 27.8. The second-order valence-electron chi connectivity index (χ2n) is 6.69. The van der Waals surface area contributed by atoms with Gasteiger partial charge < -0.3 is 14.2 Å². The number of esters is 1. The Kier molecular flexibility index (Phi) is 8.30. The number of amides is 1. The quantitative estimate of drug-likeness (QED) is 0.290. The molecule has 0 saturated carbocycles. The highest BCUT2D eigenvalue weighted by Crippen LogP contribution is 2.39. The van der Waals surface area contributed by atoms with E-state index in [0.29, 0.717) is 39.5 Å². The molecule has 0 spiro atoms. The van der Waals surface area contributed by atoms with E-state index in [4.69, 9.17) is 26.4 Å². The molecule has 1 heterocycles. The minimum Gasteiger partial charge on any atom is -0.490 e. The molecule has 1 atom stereocenters. The Morgan fingerprint density at radius 3 is 2.38 bits per heavy atom. The smallest absolute Gasteiger partial charge is 0.333 e. The summed E-state index contributed by atoms with van der Waals surface area (Å²) in [5.41, 5.74) is 1.41. The van der Waals surface area contributed by atoms with E-state index in [-0.39, 0.29) is 12.5 Å². The Bertz CT molecular complexity index is 1020. The topological polar surface area (TPSA) is 65.1 Å². The molecule has 0 aliphatic carbocycles. The predicted molar refractivity (Wildman–Crippen MR) is 130 cm³/mol. The first kappa shape index (κ1) is 23.8. The van der Waals surface area contributed by atoms with Gasteiger partial charge in [0.25, 0.3) is 5.91 Å². The molecule has 1 aliphatic heterocycles. The first-order valence-corrected chi connectivity index (χ1v) is 11.6. The number of nitrogens with zero attached hydrogens (tertiary/aromatic N) is 1. The summed E-state index contributed by atoms with van der Waals surface area (Å²) in [5, 5.41) is 0. The molecule has 0 N–H and O–H groups in total. The van der Waals surface area contributed by atoms with E-state index in [1.807, 2.05) is 50.2 Å². The molecule has 1 fully saturated rings. The Morgan fingerprint density at radius 2 is 1.72 bits per heavy atom. The third-order valence-electron chi connectivity index (χ3n) is 4.57. The van der Waals surface area contributed by atoms with Gasteiger partial charge >= 0.3 is 5.97 Å². The fourth-order valence-corrected chi connectivity index (χ4v) is 4.57. The Labute approximate surface area is 197 Å². The highest BCUT2D eigenvalue weighted by Gasteiger charge is 2.42. The molecule has 1 aliphatic rings. The first-order chi connectivity index (χ1) is 15.5. The second kappa shape index (κ2) is 11.2. The second-order valence-corrected chi connectivity index (χ2v) is 8.36. The van der Waals surface area contributed by atoms with Crippen molar-refractivity contribution < 1.29 is 23.8 Å². The first-order valence-electron chi connectivity index (χ1n) is 10.4. The van der Waals surface area contributed by atoms with Crippen molar-refractivity contribution in [3.05, 3.63) is 64.6 Å². The number of hydrogen-bond acceptors (Lipinski definition) is 7. The summed E-state index contributed by atoms with van der Waals surface area (Å²) >= 11 is 6.65. The third kappa shape index (κ3) is 5.31. The highest BCUT2D eigenvalue weighted by molar-refractivity contribution is 8.26. The number of carbonyl (C=O) groups excluding carboxylic acids is 2. The lowest BCUT2D eigenvalue weighted by atomic mass is 10.1. The van der Waals surface area contributed by atoms with Gasteiger partial charge in [-0.2, -0.15) is 0 Å². The van der Waals surface area contributed by atoms with Crippen LogP contribution in [-0.4, -0.2) is 40.9 Å². The zero-order valence-corrected chi connectivity index (χ0v) is 19.8. The van der Waals surface area contributed by atoms with Crippen molar-refractivity contribution in [2.45, 2.75) is 26.8 Å². The molecule has 6 nitrogen and oxygen atoms in total. The highest BCUT2D eigenvalue weighted by atomic mass is 32.2. The van der Waals surface area contributed by atoms with Crippen LogP contribution in [0.15, 0.2) is 53.4 Å². The summed E-state index contributed by atoms with van der Waals surface area (Å²) in [7, 11) is 0. The van der Waals surface area contributed by atoms with Crippen LogP contribution in [0.25, 0.3) is 6.08 Å². The molecule has 2 aromatic rings. The molecule has 32 heavy (non-hydrogen) atoms. The van der Waals surface area contributed by atoms with Crippen LogP contribution >= 0.6 is 24.0 Å². The fraction of sp³-hybridized carbons (Fsp3) is 0.292. The van der Waals surface area contributed by atoms with Gasteiger partial charge in [-0.15, -0.1) is 0 Å². The number of benzene rings is 2. The maximum atomic E-state index is 13.3. The van der Waals surface area contributed by atoms with Crippen molar-refractivity contribution in [3.8, 4) is 11.5 Å². The van der Waals surface area contributed by atoms with Crippen LogP contribution in [0, 0.1) is 0 Å². The average Bonchev–Trinajstić information content (AvgIpc) is 3.05. The number of rotatable bonds is 9. The summed E-state index contributed by atoms with van der Waals surface area (Å²) in [5.74, 6) is 0.391. The summed E-state index contributed by atoms with van der Waals surface area (Å²) < 4.78 is 16.8. The van der Waals surface area contributed by atoms with Crippen LogP contribution in [0.1, 0.15) is 37.9 Å². The van der Waals surface area contributed by atoms with Gasteiger partial charge in [-0.1, -0.05) is 60.4 Å². The van der Waals surface area contributed by atoms with E-state index in [2.05, 4.69) is 0 Å². The average molecular weight is 472 g/mol. The Balaban J connectivity index is 1.94. The van der Waals surface area contributed by atoms with Crippen LogP contribution in [-0.2, 0) is 14.3 Å². The molecule has 3 rings (SSSR count). The fourth-order valence-electron chi connectivity index (χ4n) is 3.26. The maximum absolute atomic E-state index is 13.3. The van der Waals surface area contributed by atoms with Crippen molar-refractivity contribution in [1.29, 1.82) is 0 Å². The predicted octanol–water partition coefficient (Wildman–Crippen LogP) is 4.99. The lowest BCUT2D eigenvalue weighted by Gasteiger charge is -2.25. The standard InChI is InChI=1S/C24H25NO5S2/c1-4-28-18-13-12-16(14-19(18)29-5-2)15-20-22(26)25(24(31)32-20)21(23(27)30-6-3)17-10-8-7-9-11-17/h7-15,21H,4-6H2,1-3H3/b20-15-. The van der Waals surface area contributed by atoms with Crippen molar-refractivity contribution in [3.63, 3.8) is 0 Å². The molecular formula is C24H25NO5S2. The minimum atomic E-state index is -0.936. The minimum absolute atomic E-state index is 0.208. The van der Waals surface area contributed by atoms with Gasteiger partial charge in [-0.05, 0) is 50.1 Å². The van der Waals surface area contributed by atoms with Gasteiger partial charge in [0.2, 0.25) is 0 Å². The van der Waals surface area contributed by atoms with E-state index in [0.717, 1.165) is 17.3 Å². The molecule has 0 radical (unpaired) electrons. The SMILES string of the molecule is CCOC(=O)C(c1ccccc1)N1C(=O)/C(=C/c2ccc(OCC)c(OCC)c2)SC1=S. The van der Waals surface area contributed by atoms with Crippen LogP contribution in [0.3, 0.4) is 0 Å². The van der Waals surface area contributed by atoms with Gasteiger partial charge in [0.1, 0.15) is 4.32 Å². The lowest BCUT2D eigenvalue weighted by molar-refractivity contribution is -0.151. The summed E-state index contributed by atoms with van der Waals surface area (Å²) in [6, 6.07) is 13.6. The van der Waals surface area contributed by atoms with Gasteiger partial charge in [0, 0.05) is 0 Å². The Hall–Kier alpha value is -2.84. The number of carbonyl (C=O) groups is 2. The molecule has 1 saturated heterocycles. The largest absolute Gasteiger partial charge is 0.490 e. The molecule has 8 heteroatoms. The zero-order chi connectivity index (χ0) is 23.1. The van der Waals surface area contributed by atoms with Crippen LogP contribution in [0.4, 0.5) is 0 Å². The van der Waals surface area contributed by atoms with Crippen LogP contribution in [0.2, 0.25) is 0 Å². The third-order valence-corrected chi connectivity index (χ3v) is 5.90. The number of thiocarbonyl (C=S) groups is 1. The van der Waals surface area contributed by atoms with Crippen molar-refractivity contribution in [2.24, 2.45) is 0 Å². The Morgan fingerprint density at radius 1 is 1.03 bits per heavy atom. The summed E-state index contributed by atoms with van der Waals surface area (Å²) in [6.45, 7) is 6.75. The van der Waals surface area contributed by atoms with Gasteiger partial charge in [0.15, 0.2) is 17.5 Å². The number of thioether (sulfide) groups is 1. The normalized spacial score (nSPS) is 15.7. The van der Waals surface area contributed by atoms with Gasteiger partial charge in [-0.25, -0.2) is 4.79 Å². The molecular weight excluding hydrogens is 446 g/mol.